The fourth-order valence-electron chi connectivity index (χ4n) is 2.66. The Bertz CT molecular complexity index is 403. The van der Waals surface area contributed by atoms with Gasteiger partial charge in [-0.05, 0) is 43.5 Å². The first-order valence-electron chi connectivity index (χ1n) is 7.07. The van der Waals surface area contributed by atoms with Gasteiger partial charge in [-0.3, -0.25) is 0 Å². The number of anilines is 1. The average Bonchev–Trinajstić information content (AvgIpc) is 2.85. The number of hydrogen-bond donors (Lipinski definition) is 4. The maximum Gasteiger partial charge on any atom is 0.0819 e. The molecule has 1 aromatic rings. The second kappa shape index (κ2) is 6.37. The lowest BCUT2D eigenvalue weighted by Gasteiger charge is -2.23. The molecule has 0 saturated heterocycles. The molecule has 1 fully saturated rings. The number of nitrogens with one attached hydrogen (secondary N) is 1. The minimum absolute atomic E-state index is 0.471. The van der Waals surface area contributed by atoms with Crippen LogP contribution >= 0.6 is 0 Å². The third-order valence-electron chi connectivity index (χ3n) is 3.87. The van der Waals surface area contributed by atoms with Crippen molar-refractivity contribution < 1.29 is 10.2 Å². The minimum Gasteiger partial charge on any atom is -0.388 e. The standard InChI is InChI=1S/C15H24N2O2/c16-9-6-14(18)12-4-3-5-13(10-12)17-11-15(19)7-1-2-8-15/h3-5,10,14,17-19H,1-2,6-9,11,16H2. The zero-order chi connectivity index (χ0) is 13.7. The third kappa shape index (κ3) is 3.93. The molecule has 0 bridgehead atoms. The van der Waals surface area contributed by atoms with Crippen LogP contribution in [0.5, 0.6) is 0 Å². The molecule has 0 aromatic heterocycles. The quantitative estimate of drug-likeness (QED) is 0.631. The smallest absolute Gasteiger partial charge is 0.0819 e. The fraction of sp³-hybridized carbons (Fsp3) is 0.600. The van der Waals surface area contributed by atoms with Crippen LogP contribution in [0.4, 0.5) is 5.69 Å². The highest BCUT2D eigenvalue weighted by Crippen LogP contribution is 2.30. The summed E-state index contributed by atoms with van der Waals surface area (Å²) in [7, 11) is 0. The van der Waals surface area contributed by atoms with Crippen LogP contribution in [0.1, 0.15) is 43.8 Å². The van der Waals surface area contributed by atoms with E-state index in [4.69, 9.17) is 5.73 Å². The SMILES string of the molecule is NCCC(O)c1cccc(NCC2(O)CCCC2)c1. The van der Waals surface area contributed by atoms with Crippen LogP contribution in [-0.4, -0.2) is 28.9 Å². The predicted molar refractivity (Wildman–Crippen MR) is 77.0 cm³/mol. The lowest BCUT2D eigenvalue weighted by atomic mass is 10.0. The molecule has 0 heterocycles. The van der Waals surface area contributed by atoms with Gasteiger partial charge in [0.2, 0.25) is 0 Å². The molecule has 0 amide bonds. The van der Waals surface area contributed by atoms with Crippen LogP contribution < -0.4 is 11.1 Å². The number of hydrogen-bond acceptors (Lipinski definition) is 4. The minimum atomic E-state index is -0.564. The van der Waals surface area contributed by atoms with Gasteiger partial charge in [0, 0.05) is 12.2 Å². The summed E-state index contributed by atoms with van der Waals surface area (Å²) in [6.45, 7) is 1.04. The first-order valence-corrected chi connectivity index (χ1v) is 7.07. The molecular weight excluding hydrogens is 240 g/mol. The maximum atomic E-state index is 10.3. The molecule has 4 nitrogen and oxygen atoms in total. The van der Waals surface area contributed by atoms with Gasteiger partial charge in [0.1, 0.15) is 0 Å². The normalized spacial score (nSPS) is 19.3. The van der Waals surface area contributed by atoms with E-state index in [2.05, 4.69) is 5.32 Å². The van der Waals surface area contributed by atoms with E-state index in [9.17, 15) is 10.2 Å². The summed E-state index contributed by atoms with van der Waals surface area (Å²) in [5.41, 5.74) is 6.70. The molecule has 1 unspecified atom stereocenters. The van der Waals surface area contributed by atoms with Gasteiger partial charge in [0.25, 0.3) is 0 Å². The molecule has 2 rings (SSSR count). The van der Waals surface area contributed by atoms with Crippen LogP contribution in [0.3, 0.4) is 0 Å². The van der Waals surface area contributed by atoms with Crippen molar-refractivity contribution >= 4 is 5.69 Å². The second-order valence-electron chi connectivity index (χ2n) is 5.50. The monoisotopic (exact) mass is 264 g/mol. The number of rotatable bonds is 6. The Morgan fingerprint density at radius 1 is 1.32 bits per heavy atom. The summed E-state index contributed by atoms with van der Waals surface area (Å²) in [6.07, 6.45) is 4.00. The molecular formula is C15H24N2O2. The van der Waals surface area contributed by atoms with Crippen LogP contribution in [0.15, 0.2) is 24.3 Å². The Morgan fingerprint density at radius 2 is 2.05 bits per heavy atom. The van der Waals surface area contributed by atoms with E-state index in [1.165, 1.54) is 0 Å². The van der Waals surface area contributed by atoms with E-state index in [-0.39, 0.29) is 0 Å². The lowest BCUT2D eigenvalue weighted by molar-refractivity contribution is 0.0615. The number of nitrogens with two attached hydrogens (primary N) is 1. The largest absolute Gasteiger partial charge is 0.388 e. The van der Waals surface area contributed by atoms with Gasteiger partial charge >= 0.3 is 0 Å². The summed E-state index contributed by atoms with van der Waals surface area (Å²) < 4.78 is 0. The van der Waals surface area contributed by atoms with Gasteiger partial charge in [-0.1, -0.05) is 25.0 Å². The Morgan fingerprint density at radius 3 is 2.74 bits per heavy atom. The van der Waals surface area contributed by atoms with Crippen LogP contribution in [0.2, 0.25) is 0 Å². The summed E-state index contributed by atoms with van der Waals surface area (Å²) in [6, 6.07) is 7.70. The molecule has 1 aromatic carbocycles. The van der Waals surface area contributed by atoms with Crippen LogP contribution in [0.25, 0.3) is 0 Å². The van der Waals surface area contributed by atoms with Crippen molar-refractivity contribution in [2.75, 3.05) is 18.4 Å². The van der Waals surface area contributed by atoms with E-state index in [0.717, 1.165) is 36.9 Å². The first kappa shape index (κ1) is 14.3. The van der Waals surface area contributed by atoms with Gasteiger partial charge in [-0.25, -0.2) is 0 Å². The van der Waals surface area contributed by atoms with Crippen molar-refractivity contribution in [2.24, 2.45) is 5.73 Å². The van der Waals surface area contributed by atoms with Crippen LogP contribution in [-0.2, 0) is 0 Å². The zero-order valence-corrected chi connectivity index (χ0v) is 11.3. The molecule has 106 valence electrons. The van der Waals surface area contributed by atoms with Crippen LogP contribution in [0, 0.1) is 0 Å². The summed E-state index contributed by atoms with van der Waals surface area (Å²) in [5.74, 6) is 0. The van der Waals surface area contributed by atoms with Crippen molar-refractivity contribution in [3.8, 4) is 0 Å². The summed E-state index contributed by atoms with van der Waals surface area (Å²) >= 11 is 0. The molecule has 1 aliphatic carbocycles. The molecule has 4 heteroatoms. The van der Waals surface area contributed by atoms with Gasteiger partial charge in [-0.2, -0.15) is 0 Å². The molecule has 0 spiro atoms. The van der Waals surface area contributed by atoms with Gasteiger partial charge in [0.15, 0.2) is 0 Å². The fourth-order valence-corrected chi connectivity index (χ4v) is 2.66. The van der Waals surface area contributed by atoms with E-state index < -0.39 is 11.7 Å². The topological polar surface area (TPSA) is 78.5 Å². The van der Waals surface area contributed by atoms with Gasteiger partial charge < -0.3 is 21.3 Å². The number of aliphatic hydroxyl groups excluding tert-OH is 1. The van der Waals surface area contributed by atoms with Crippen molar-refractivity contribution in [3.05, 3.63) is 29.8 Å². The molecule has 1 aliphatic rings. The molecule has 0 radical (unpaired) electrons. The average molecular weight is 264 g/mol. The van der Waals surface area contributed by atoms with Crippen molar-refractivity contribution in [1.82, 2.24) is 0 Å². The second-order valence-corrected chi connectivity index (χ2v) is 5.50. The lowest BCUT2D eigenvalue weighted by Crippen LogP contribution is -2.33. The van der Waals surface area contributed by atoms with Crippen molar-refractivity contribution in [3.63, 3.8) is 0 Å². The predicted octanol–water partition coefficient (Wildman–Crippen LogP) is 1.79. The number of aliphatic hydroxyl groups is 2. The van der Waals surface area contributed by atoms with E-state index >= 15 is 0 Å². The highest BCUT2D eigenvalue weighted by atomic mass is 16.3. The summed E-state index contributed by atoms with van der Waals surface area (Å²) in [5, 5.41) is 23.5. The molecule has 0 aliphatic heterocycles. The molecule has 5 N–H and O–H groups in total. The van der Waals surface area contributed by atoms with E-state index in [0.29, 0.717) is 19.5 Å². The van der Waals surface area contributed by atoms with Gasteiger partial charge in [0.05, 0.1) is 11.7 Å². The summed E-state index contributed by atoms with van der Waals surface area (Å²) in [4.78, 5) is 0. The first-order chi connectivity index (χ1) is 9.13. The molecule has 19 heavy (non-hydrogen) atoms. The number of benzene rings is 1. The van der Waals surface area contributed by atoms with Crippen molar-refractivity contribution in [1.29, 1.82) is 0 Å². The highest BCUT2D eigenvalue weighted by Gasteiger charge is 2.30. The van der Waals surface area contributed by atoms with E-state index in [1.807, 2.05) is 24.3 Å². The highest BCUT2D eigenvalue weighted by molar-refractivity contribution is 5.46. The Balaban J connectivity index is 1.95. The van der Waals surface area contributed by atoms with E-state index in [1.54, 1.807) is 0 Å². The Labute approximate surface area is 114 Å². The third-order valence-corrected chi connectivity index (χ3v) is 3.87. The molecule has 1 atom stereocenters. The Kier molecular flexibility index (Phi) is 4.80. The van der Waals surface area contributed by atoms with Crippen molar-refractivity contribution in [2.45, 2.75) is 43.8 Å². The van der Waals surface area contributed by atoms with Gasteiger partial charge in [-0.15, -0.1) is 0 Å². The zero-order valence-electron chi connectivity index (χ0n) is 11.3. The Hall–Kier alpha value is -1.10. The maximum absolute atomic E-state index is 10.3. The molecule has 1 saturated carbocycles.